The molecule has 0 radical (unpaired) electrons. The second kappa shape index (κ2) is 11.0. The van der Waals surface area contributed by atoms with Gasteiger partial charge < -0.3 is 9.13 Å². The van der Waals surface area contributed by atoms with Crippen LogP contribution in [0.3, 0.4) is 0 Å². The van der Waals surface area contributed by atoms with E-state index in [-0.39, 0.29) is 0 Å². The third kappa shape index (κ3) is 4.13. The third-order valence-electron chi connectivity index (χ3n) is 10.1. The molecule has 0 spiro atoms. The minimum atomic E-state index is 0.729. The average Bonchev–Trinajstić information content (AvgIpc) is 3.86. The lowest BCUT2D eigenvalue weighted by atomic mass is 10.1. The Morgan fingerprint density at radius 1 is 0.451 bits per heavy atom. The Kier molecular flexibility index (Phi) is 6.09. The first-order valence-corrected chi connectivity index (χ1v) is 18.0. The SMILES string of the molecule is c1ccc(-c2nc(-c3ccccc3-n3c4ccccc4c4ccc5c(c6ccccc6n5-c5ccccc5)c43)c3sc4ccccc4c3n2)cc1. The summed E-state index contributed by atoms with van der Waals surface area (Å²) >= 11 is 1.77. The molecule has 51 heavy (non-hydrogen) atoms. The first kappa shape index (κ1) is 28.3. The van der Waals surface area contributed by atoms with E-state index in [9.17, 15) is 0 Å². The van der Waals surface area contributed by atoms with Crippen molar-refractivity contribution >= 4 is 75.3 Å². The van der Waals surface area contributed by atoms with Crippen molar-refractivity contribution < 1.29 is 0 Å². The summed E-state index contributed by atoms with van der Waals surface area (Å²) in [6.45, 7) is 0. The minimum absolute atomic E-state index is 0.729. The summed E-state index contributed by atoms with van der Waals surface area (Å²) in [5.74, 6) is 0.729. The smallest absolute Gasteiger partial charge is 0.160 e. The topological polar surface area (TPSA) is 35.6 Å². The van der Waals surface area contributed by atoms with Crippen LogP contribution in [0.2, 0.25) is 0 Å². The lowest BCUT2D eigenvalue weighted by Crippen LogP contribution is -2.00. The van der Waals surface area contributed by atoms with Gasteiger partial charge in [-0.1, -0.05) is 127 Å². The Morgan fingerprint density at radius 2 is 1.10 bits per heavy atom. The van der Waals surface area contributed by atoms with Crippen LogP contribution in [0.4, 0.5) is 0 Å². The fourth-order valence-corrected chi connectivity index (χ4v) is 9.12. The lowest BCUT2D eigenvalue weighted by Gasteiger charge is -2.15. The molecule has 0 saturated carbocycles. The van der Waals surface area contributed by atoms with Crippen LogP contribution in [0.1, 0.15) is 0 Å². The van der Waals surface area contributed by atoms with Gasteiger partial charge in [-0.15, -0.1) is 11.3 Å². The summed E-state index contributed by atoms with van der Waals surface area (Å²) in [6, 6.07) is 60.5. The molecular formula is C46H28N4S. The van der Waals surface area contributed by atoms with Crippen LogP contribution >= 0.6 is 11.3 Å². The van der Waals surface area contributed by atoms with Crippen molar-refractivity contribution in [2.45, 2.75) is 0 Å². The van der Waals surface area contributed by atoms with E-state index < -0.39 is 0 Å². The number of rotatable bonds is 4. The Balaban J connectivity index is 1.30. The fourth-order valence-electron chi connectivity index (χ4n) is 7.97. The van der Waals surface area contributed by atoms with Gasteiger partial charge in [0.05, 0.1) is 43.7 Å². The predicted octanol–water partition coefficient (Wildman–Crippen LogP) is 12.4. The van der Waals surface area contributed by atoms with Crippen molar-refractivity contribution in [3.05, 3.63) is 170 Å². The Hall–Kier alpha value is -6.56. The van der Waals surface area contributed by atoms with E-state index >= 15 is 0 Å². The van der Waals surface area contributed by atoms with Crippen LogP contribution in [0.15, 0.2) is 170 Å². The van der Waals surface area contributed by atoms with E-state index in [4.69, 9.17) is 9.97 Å². The fraction of sp³-hybridized carbons (Fsp3) is 0. The molecule has 0 fully saturated rings. The lowest BCUT2D eigenvalue weighted by molar-refractivity contribution is 1.17. The highest BCUT2D eigenvalue weighted by molar-refractivity contribution is 7.26. The Labute approximate surface area is 297 Å². The van der Waals surface area contributed by atoms with Gasteiger partial charge in [-0.2, -0.15) is 0 Å². The maximum Gasteiger partial charge on any atom is 0.160 e. The number of aromatic nitrogens is 4. The summed E-state index contributed by atoms with van der Waals surface area (Å²) in [5.41, 5.74) is 11.0. The van der Waals surface area contributed by atoms with Crippen molar-refractivity contribution in [2.24, 2.45) is 0 Å². The zero-order chi connectivity index (χ0) is 33.5. The summed E-state index contributed by atoms with van der Waals surface area (Å²) < 4.78 is 7.18. The first-order chi connectivity index (χ1) is 25.3. The standard InChI is InChI=1S/C46H28N4S/c1-3-15-29(16-4-1)46-47-42(45-43(48-46)35-22-10-14-26-40(35)51-45)34-21-9-13-25-38(34)50-36-23-11-7-19-31(36)32-27-28-39-41(44(32)50)33-20-8-12-24-37(33)49(39)30-17-5-2-6-18-30/h1-28H. The quantitative estimate of drug-likeness (QED) is 0.187. The molecule has 4 heterocycles. The van der Waals surface area contributed by atoms with Gasteiger partial charge in [-0.3, -0.25) is 0 Å². The molecule has 5 heteroatoms. The number of nitrogens with zero attached hydrogens (tertiary/aromatic N) is 4. The second-order valence-electron chi connectivity index (χ2n) is 13.0. The Bertz CT molecular complexity index is 3130. The normalized spacial score (nSPS) is 11.9. The third-order valence-corrected chi connectivity index (χ3v) is 11.3. The van der Waals surface area contributed by atoms with Crippen molar-refractivity contribution in [2.75, 3.05) is 0 Å². The van der Waals surface area contributed by atoms with Crippen molar-refractivity contribution in [1.82, 2.24) is 19.1 Å². The van der Waals surface area contributed by atoms with Crippen LogP contribution < -0.4 is 0 Å². The molecule has 0 aliphatic heterocycles. The molecule has 4 nitrogen and oxygen atoms in total. The van der Waals surface area contributed by atoms with Crippen molar-refractivity contribution in [3.8, 4) is 34.0 Å². The van der Waals surface area contributed by atoms with E-state index in [0.29, 0.717) is 0 Å². The van der Waals surface area contributed by atoms with Gasteiger partial charge in [0, 0.05) is 48.4 Å². The van der Waals surface area contributed by atoms with Gasteiger partial charge >= 0.3 is 0 Å². The number of benzene rings is 7. The molecule has 0 aliphatic rings. The maximum absolute atomic E-state index is 5.41. The molecule has 0 atom stereocenters. The molecule has 0 N–H and O–H groups in total. The number of thiophene rings is 1. The first-order valence-electron chi connectivity index (χ1n) is 17.2. The summed E-state index contributed by atoms with van der Waals surface area (Å²) in [6.07, 6.45) is 0. The number of hydrogen-bond acceptors (Lipinski definition) is 3. The van der Waals surface area contributed by atoms with Crippen LogP contribution in [-0.4, -0.2) is 19.1 Å². The summed E-state index contributed by atoms with van der Waals surface area (Å²) in [5, 5.41) is 6.06. The molecule has 0 aliphatic carbocycles. The highest BCUT2D eigenvalue weighted by Gasteiger charge is 2.24. The zero-order valence-electron chi connectivity index (χ0n) is 27.4. The molecule has 11 aromatic rings. The largest absolute Gasteiger partial charge is 0.309 e. The second-order valence-corrected chi connectivity index (χ2v) is 14.0. The zero-order valence-corrected chi connectivity index (χ0v) is 28.2. The van der Waals surface area contributed by atoms with E-state index in [1.54, 1.807) is 11.3 Å². The van der Waals surface area contributed by atoms with Gasteiger partial charge in [-0.25, -0.2) is 9.97 Å². The van der Waals surface area contributed by atoms with E-state index in [2.05, 4.69) is 173 Å². The Morgan fingerprint density at radius 3 is 1.92 bits per heavy atom. The van der Waals surface area contributed by atoms with Gasteiger partial charge in [0.1, 0.15) is 0 Å². The molecule has 0 unspecified atom stereocenters. The number of hydrogen-bond donors (Lipinski definition) is 0. The van der Waals surface area contributed by atoms with Crippen LogP contribution in [0.25, 0.3) is 97.9 Å². The molecular weight excluding hydrogens is 641 g/mol. The van der Waals surface area contributed by atoms with E-state index in [1.807, 2.05) is 6.07 Å². The van der Waals surface area contributed by atoms with Gasteiger partial charge in [0.25, 0.3) is 0 Å². The van der Waals surface area contributed by atoms with E-state index in [1.165, 1.54) is 42.8 Å². The van der Waals surface area contributed by atoms with Gasteiger partial charge in [0.15, 0.2) is 5.82 Å². The number of para-hydroxylation sites is 4. The molecule has 7 aromatic carbocycles. The average molecular weight is 669 g/mol. The van der Waals surface area contributed by atoms with Crippen molar-refractivity contribution in [3.63, 3.8) is 0 Å². The number of fused-ring (bicyclic) bond motifs is 10. The predicted molar refractivity (Wildman–Crippen MR) is 214 cm³/mol. The molecule has 0 bridgehead atoms. The molecule has 238 valence electrons. The van der Waals surface area contributed by atoms with E-state index in [0.717, 1.165) is 55.1 Å². The minimum Gasteiger partial charge on any atom is -0.309 e. The summed E-state index contributed by atoms with van der Waals surface area (Å²) in [4.78, 5) is 10.6. The molecule has 0 amide bonds. The van der Waals surface area contributed by atoms with Gasteiger partial charge in [0.2, 0.25) is 0 Å². The molecule has 4 aromatic heterocycles. The summed E-state index contributed by atoms with van der Waals surface area (Å²) in [7, 11) is 0. The van der Waals surface area contributed by atoms with Crippen LogP contribution in [-0.2, 0) is 0 Å². The monoisotopic (exact) mass is 668 g/mol. The highest BCUT2D eigenvalue weighted by atomic mass is 32.1. The molecule has 0 saturated heterocycles. The highest BCUT2D eigenvalue weighted by Crippen LogP contribution is 2.45. The van der Waals surface area contributed by atoms with Crippen molar-refractivity contribution in [1.29, 1.82) is 0 Å². The maximum atomic E-state index is 5.41. The van der Waals surface area contributed by atoms with Crippen LogP contribution in [0, 0.1) is 0 Å². The van der Waals surface area contributed by atoms with Crippen LogP contribution in [0.5, 0.6) is 0 Å². The molecule has 11 rings (SSSR count). The van der Waals surface area contributed by atoms with Gasteiger partial charge in [-0.05, 0) is 42.5 Å².